The third-order valence-corrected chi connectivity index (χ3v) is 4.64. The Labute approximate surface area is 162 Å². The van der Waals surface area contributed by atoms with Gasteiger partial charge in [-0.25, -0.2) is 0 Å². The van der Waals surface area contributed by atoms with E-state index in [-0.39, 0.29) is 24.3 Å². The number of hydrogen-bond acceptors (Lipinski definition) is 2. The third kappa shape index (κ3) is 5.95. The van der Waals surface area contributed by atoms with Gasteiger partial charge in [-0.2, -0.15) is 0 Å². The van der Waals surface area contributed by atoms with Crippen molar-refractivity contribution < 1.29 is 9.59 Å². The van der Waals surface area contributed by atoms with Crippen LogP contribution >= 0.6 is 0 Å². The lowest BCUT2D eigenvalue weighted by Gasteiger charge is -2.30. The van der Waals surface area contributed by atoms with Crippen molar-refractivity contribution in [2.45, 2.75) is 59.7 Å². The van der Waals surface area contributed by atoms with E-state index in [9.17, 15) is 9.59 Å². The van der Waals surface area contributed by atoms with Crippen LogP contribution in [-0.2, 0) is 22.6 Å². The second-order valence-electron chi connectivity index (χ2n) is 7.45. The maximum Gasteiger partial charge on any atom is 0.242 e. The second-order valence-corrected chi connectivity index (χ2v) is 7.45. The summed E-state index contributed by atoms with van der Waals surface area (Å²) in [6.45, 7) is 10.1. The SMILES string of the molecule is Cc1cccc(CC(=O)N(Cc2ccccc2C)[C@H](C)C(=O)NC(C)C)c1. The molecule has 144 valence electrons. The topological polar surface area (TPSA) is 49.4 Å². The normalized spacial score (nSPS) is 11.9. The first kappa shape index (κ1) is 20.7. The minimum absolute atomic E-state index is 0.0344. The van der Waals surface area contributed by atoms with E-state index in [1.165, 1.54) is 0 Å². The van der Waals surface area contributed by atoms with Crippen LogP contribution in [0.4, 0.5) is 0 Å². The Morgan fingerprint density at radius 1 is 1.00 bits per heavy atom. The fraction of sp³-hybridized carbons (Fsp3) is 0.391. The summed E-state index contributed by atoms with van der Waals surface area (Å²) in [5, 5.41) is 2.92. The molecule has 0 fully saturated rings. The molecule has 2 amide bonds. The fourth-order valence-corrected chi connectivity index (χ4v) is 3.06. The minimum atomic E-state index is -0.538. The molecule has 4 heteroatoms. The molecule has 0 bridgehead atoms. The third-order valence-electron chi connectivity index (χ3n) is 4.64. The van der Waals surface area contributed by atoms with Crippen LogP contribution in [0.2, 0.25) is 0 Å². The quantitative estimate of drug-likeness (QED) is 0.810. The number of carbonyl (C=O) groups is 2. The van der Waals surface area contributed by atoms with Gasteiger partial charge >= 0.3 is 0 Å². The molecule has 0 saturated heterocycles. The van der Waals surface area contributed by atoms with Gasteiger partial charge < -0.3 is 10.2 Å². The molecule has 0 radical (unpaired) electrons. The summed E-state index contributed by atoms with van der Waals surface area (Å²) in [6.07, 6.45) is 0.285. The average molecular weight is 367 g/mol. The highest BCUT2D eigenvalue weighted by Crippen LogP contribution is 2.16. The molecule has 0 aliphatic heterocycles. The Kier molecular flexibility index (Phi) is 7.17. The molecule has 1 atom stereocenters. The number of aryl methyl sites for hydroxylation is 2. The number of rotatable bonds is 7. The number of carbonyl (C=O) groups excluding carboxylic acids is 2. The number of amides is 2. The highest BCUT2D eigenvalue weighted by Gasteiger charge is 2.26. The number of benzene rings is 2. The zero-order valence-electron chi connectivity index (χ0n) is 17.0. The van der Waals surface area contributed by atoms with Crippen LogP contribution in [0, 0.1) is 13.8 Å². The molecular weight excluding hydrogens is 336 g/mol. The maximum absolute atomic E-state index is 13.1. The van der Waals surface area contributed by atoms with Crippen molar-refractivity contribution in [1.29, 1.82) is 0 Å². The lowest BCUT2D eigenvalue weighted by molar-refractivity contribution is -0.140. The van der Waals surface area contributed by atoms with E-state index >= 15 is 0 Å². The molecule has 0 heterocycles. The minimum Gasteiger partial charge on any atom is -0.352 e. The molecule has 0 saturated carbocycles. The number of nitrogens with one attached hydrogen (secondary N) is 1. The van der Waals surface area contributed by atoms with Gasteiger partial charge in [0, 0.05) is 12.6 Å². The van der Waals surface area contributed by atoms with E-state index in [4.69, 9.17) is 0 Å². The largest absolute Gasteiger partial charge is 0.352 e. The van der Waals surface area contributed by atoms with Gasteiger partial charge in [0.1, 0.15) is 6.04 Å². The second kappa shape index (κ2) is 9.36. The lowest BCUT2D eigenvalue weighted by Crippen LogP contribution is -2.49. The molecule has 4 nitrogen and oxygen atoms in total. The standard InChI is InChI=1S/C23H30N2O2/c1-16(2)24-23(27)19(5)25(15-21-12-7-6-10-18(21)4)22(26)14-20-11-8-9-17(3)13-20/h6-13,16,19H,14-15H2,1-5H3,(H,24,27)/t19-/m1/s1. The van der Waals surface area contributed by atoms with Crippen LogP contribution in [0.5, 0.6) is 0 Å². The molecule has 27 heavy (non-hydrogen) atoms. The van der Waals surface area contributed by atoms with Gasteiger partial charge in [-0.15, -0.1) is 0 Å². The molecule has 1 N–H and O–H groups in total. The van der Waals surface area contributed by atoms with E-state index in [1.54, 1.807) is 11.8 Å². The lowest BCUT2D eigenvalue weighted by atomic mass is 10.0. The molecule has 0 aliphatic carbocycles. The Morgan fingerprint density at radius 2 is 1.70 bits per heavy atom. The Balaban J connectivity index is 2.26. The van der Waals surface area contributed by atoms with Crippen molar-refractivity contribution in [1.82, 2.24) is 10.2 Å². The highest BCUT2D eigenvalue weighted by atomic mass is 16.2. The van der Waals surface area contributed by atoms with Crippen molar-refractivity contribution >= 4 is 11.8 Å². The molecule has 0 aromatic heterocycles. The first-order chi connectivity index (χ1) is 12.8. The van der Waals surface area contributed by atoms with Crippen molar-refractivity contribution in [3.63, 3.8) is 0 Å². The number of hydrogen-bond donors (Lipinski definition) is 1. The van der Waals surface area contributed by atoms with Crippen LogP contribution < -0.4 is 5.32 Å². The molecule has 0 aliphatic rings. The van der Waals surface area contributed by atoms with E-state index in [1.807, 2.05) is 76.2 Å². The summed E-state index contributed by atoms with van der Waals surface area (Å²) in [5.74, 6) is -0.175. The van der Waals surface area contributed by atoms with Crippen LogP contribution in [0.25, 0.3) is 0 Å². The summed E-state index contributed by atoms with van der Waals surface area (Å²) in [6, 6.07) is 15.4. The van der Waals surface area contributed by atoms with E-state index in [0.29, 0.717) is 6.54 Å². The van der Waals surface area contributed by atoms with Crippen molar-refractivity contribution in [3.8, 4) is 0 Å². The fourth-order valence-electron chi connectivity index (χ4n) is 3.06. The predicted molar refractivity (Wildman–Crippen MR) is 109 cm³/mol. The summed E-state index contributed by atoms with van der Waals surface area (Å²) in [7, 11) is 0. The van der Waals surface area contributed by atoms with Gasteiger partial charge in [0.05, 0.1) is 6.42 Å². The zero-order chi connectivity index (χ0) is 20.0. The highest BCUT2D eigenvalue weighted by molar-refractivity contribution is 5.88. The molecule has 0 spiro atoms. The van der Waals surface area contributed by atoms with Crippen molar-refractivity contribution in [2.75, 3.05) is 0 Å². The Bertz CT molecular complexity index is 798. The van der Waals surface area contributed by atoms with Gasteiger partial charge in [0.15, 0.2) is 0 Å². The molecule has 2 aromatic rings. The van der Waals surface area contributed by atoms with Crippen LogP contribution in [0.15, 0.2) is 48.5 Å². The van der Waals surface area contributed by atoms with Crippen LogP contribution in [0.1, 0.15) is 43.0 Å². The van der Waals surface area contributed by atoms with Gasteiger partial charge in [0.25, 0.3) is 0 Å². The van der Waals surface area contributed by atoms with Crippen LogP contribution in [0.3, 0.4) is 0 Å². The molecular formula is C23H30N2O2. The van der Waals surface area contributed by atoms with Gasteiger partial charge in [-0.1, -0.05) is 54.1 Å². The molecule has 2 rings (SSSR count). The molecule has 2 aromatic carbocycles. The first-order valence-electron chi connectivity index (χ1n) is 9.48. The monoisotopic (exact) mass is 366 g/mol. The smallest absolute Gasteiger partial charge is 0.242 e. The van der Waals surface area contributed by atoms with Crippen molar-refractivity contribution in [2.24, 2.45) is 0 Å². The van der Waals surface area contributed by atoms with Crippen molar-refractivity contribution in [3.05, 3.63) is 70.8 Å². The van der Waals surface area contributed by atoms with Crippen LogP contribution in [-0.4, -0.2) is 28.8 Å². The first-order valence-corrected chi connectivity index (χ1v) is 9.48. The Hall–Kier alpha value is -2.62. The Morgan fingerprint density at radius 3 is 2.33 bits per heavy atom. The summed E-state index contributed by atoms with van der Waals surface area (Å²) < 4.78 is 0. The van der Waals surface area contributed by atoms with Gasteiger partial charge in [0.2, 0.25) is 11.8 Å². The number of nitrogens with zero attached hydrogens (tertiary/aromatic N) is 1. The maximum atomic E-state index is 13.1. The van der Waals surface area contributed by atoms with Gasteiger partial charge in [-0.3, -0.25) is 9.59 Å². The van der Waals surface area contributed by atoms with E-state index < -0.39 is 6.04 Å². The zero-order valence-corrected chi connectivity index (χ0v) is 17.0. The van der Waals surface area contributed by atoms with E-state index in [0.717, 1.165) is 22.3 Å². The summed E-state index contributed by atoms with van der Waals surface area (Å²) in [5.41, 5.74) is 4.25. The average Bonchev–Trinajstić information content (AvgIpc) is 2.59. The molecule has 0 unspecified atom stereocenters. The summed E-state index contributed by atoms with van der Waals surface area (Å²) in [4.78, 5) is 27.4. The predicted octanol–water partition coefficient (Wildman–Crippen LogP) is 3.79. The van der Waals surface area contributed by atoms with E-state index in [2.05, 4.69) is 5.32 Å². The summed E-state index contributed by atoms with van der Waals surface area (Å²) >= 11 is 0. The van der Waals surface area contributed by atoms with Gasteiger partial charge in [-0.05, 0) is 51.3 Å².